The van der Waals surface area contributed by atoms with E-state index in [4.69, 9.17) is 0 Å². The van der Waals surface area contributed by atoms with Crippen molar-refractivity contribution in [1.82, 2.24) is 5.32 Å². The first-order chi connectivity index (χ1) is 11.7. The second-order valence-electron chi connectivity index (χ2n) is 6.16. The average molecular weight is 364 g/mol. The number of sulfonamides is 1. The van der Waals surface area contributed by atoms with Crippen LogP contribution in [-0.4, -0.2) is 20.9 Å². The van der Waals surface area contributed by atoms with E-state index in [1.54, 1.807) is 18.2 Å². The van der Waals surface area contributed by atoms with Crippen LogP contribution in [0.25, 0.3) is 0 Å². The van der Waals surface area contributed by atoms with Crippen LogP contribution in [0.15, 0.2) is 47.4 Å². The summed E-state index contributed by atoms with van der Waals surface area (Å²) in [6.07, 6.45) is 0. The Hall–Kier alpha value is -2.41. The minimum Gasteiger partial charge on any atom is -0.352 e. The van der Waals surface area contributed by atoms with Gasteiger partial charge in [0.25, 0.3) is 15.9 Å². The molecule has 0 radical (unpaired) electrons. The number of aryl methyl sites for hydroxylation is 1. The third kappa shape index (κ3) is 4.79. The summed E-state index contributed by atoms with van der Waals surface area (Å²) < 4.78 is 40.9. The quantitative estimate of drug-likeness (QED) is 0.826. The van der Waals surface area contributed by atoms with Gasteiger partial charge in [-0.3, -0.25) is 9.52 Å². The number of halogens is 1. The largest absolute Gasteiger partial charge is 0.352 e. The molecule has 0 atom stereocenters. The molecule has 1 amide bonds. The van der Waals surface area contributed by atoms with Gasteiger partial charge < -0.3 is 5.32 Å². The summed E-state index contributed by atoms with van der Waals surface area (Å²) in [7, 11) is -3.94. The molecule has 0 aliphatic rings. The molecule has 2 rings (SSSR count). The first-order valence-corrected chi connectivity index (χ1v) is 9.35. The standard InChI is InChI=1S/C18H21FN2O3S/c1-12(2)11-20-18(22)15-6-4-5-7-16(15)21-25(23,24)17-9-8-14(19)10-13(17)3/h4-10,12,21H,11H2,1-3H3,(H,20,22). The number of carbonyl (C=O) groups is 1. The van der Waals surface area contributed by atoms with Crippen LogP contribution in [0.2, 0.25) is 0 Å². The smallest absolute Gasteiger partial charge is 0.262 e. The van der Waals surface area contributed by atoms with Gasteiger partial charge in [0.05, 0.1) is 16.1 Å². The van der Waals surface area contributed by atoms with Gasteiger partial charge in [0.2, 0.25) is 0 Å². The molecule has 0 saturated heterocycles. The number of nitrogens with one attached hydrogen (secondary N) is 2. The number of rotatable bonds is 6. The van der Waals surface area contributed by atoms with Gasteiger partial charge in [0, 0.05) is 6.54 Å². The molecule has 0 aromatic heterocycles. The molecule has 5 nitrogen and oxygen atoms in total. The Balaban J connectivity index is 2.32. The number of benzene rings is 2. The number of para-hydroxylation sites is 1. The fraction of sp³-hybridized carbons (Fsp3) is 0.278. The van der Waals surface area contributed by atoms with E-state index in [1.165, 1.54) is 19.1 Å². The Morgan fingerprint density at radius 2 is 1.84 bits per heavy atom. The fourth-order valence-electron chi connectivity index (χ4n) is 2.28. The molecule has 2 aromatic rings. The van der Waals surface area contributed by atoms with Crippen molar-refractivity contribution in [1.29, 1.82) is 0 Å². The van der Waals surface area contributed by atoms with Crippen molar-refractivity contribution >= 4 is 21.6 Å². The maximum Gasteiger partial charge on any atom is 0.262 e. The van der Waals surface area contributed by atoms with Crippen LogP contribution in [0.3, 0.4) is 0 Å². The summed E-state index contributed by atoms with van der Waals surface area (Å²) in [5.41, 5.74) is 0.688. The van der Waals surface area contributed by atoms with Crippen molar-refractivity contribution in [2.45, 2.75) is 25.7 Å². The summed E-state index contributed by atoms with van der Waals surface area (Å²) in [6, 6.07) is 9.79. The summed E-state index contributed by atoms with van der Waals surface area (Å²) >= 11 is 0. The highest BCUT2D eigenvalue weighted by Crippen LogP contribution is 2.22. The zero-order valence-corrected chi connectivity index (χ0v) is 15.2. The van der Waals surface area contributed by atoms with E-state index < -0.39 is 15.8 Å². The minimum absolute atomic E-state index is 0.0358. The van der Waals surface area contributed by atoms with Crippen LogP contribution in [0.1, 0.15) is 29.8 Å². The number of anilines is 1. The third-order valence-electron chi connectivity index (χ3n) is 3.51. The Bertz CT molecular complexity index is 880. The van der Waals surface area contributed by atoms with Crippen LogP contribution in [0, 0.1) is 18.7 Å². The van der Waals surface area contributed by atoms with Crippen molar-refractivity contribution in [2.75, 3.05) is 11.3 Å². The monoisotopic (exact) mass is 364 g/mol. The second kappa shape index (κ2) is 7.65. The topological polar surface area (TPSA) is 75.3 Å². The van der Waals surface area contributed by atoms with Crippen molar-refractivity contribution < 1.29 is 17.6 Å². The van der Waals surface area contributed by atoms with Crippen LogP contribution < -0.4 is 10.0 Å². The molecular formula is C18H21FN2O3S. The van der Waals surface area contributed by atoms with E-state index >= 15 is 0 Å². The van der Waals surface area contributed by atoms with Gasteiger partial charge in [-0.1, -0.05) is 26.0 Å². The second-order valence-corrected chi connectivity index (χ2v) is 7.82. The first kappa shape index (κ1) is 18.9. The maximum absolute atomic E-state index is 13.2. The third-order valence-corrected chi connectivity index (χ3v) is 5.04. The van der Waals surface area contributed by atoms with E-state index in [1.807, 2.05) is 13.8 Å². The summed E-state index contributed by atoms with van der Waals surface area (Å²) in [4.78, 5) is 12.3. The highest BCUT2D eigenvalue weighted by molar-refractivity contribution is 7.92. The molecule has 7 heteroatoms. The summed E-state index contributed by atoms with van der Waals surface area (Å²) in [5.74, 6) is -0.595. The highest BCUT2D eigenvalue weighted by Gasteiger charge is 2.20. The zero-order valence-electron chi connectivity index (χ0n) is 14.3. The normalized spacial score (nSPS) is 11.4. The van der Waals surface area contributed by atoms with Gasteiger partial charge in [0.1, 0.15) is 5.82 Å². The van der Waals surface area contributed by atoms with Gasteiger partial charge in [0.15, 0.2) is 0 Å². The van der Waals surface area contributed by atoms with Gasteiger partial charge in [-0.05, 0) is 48.7 Å². The van der Waals surface area contributed by atoms with Crippen LogP contribution in [-0.2, 0) is 10.0 Å². The van der Waals surface area contributed by atoms with Crippen molar-refractivity contribution in [3.63, 3.8) is 0 Å². The van der Waals surface area contributed by atoms with Crippen LogP contribution in [0.5, 0.6) is 0 Å². The Morgan fingerprint density at radius 1 is 1.16 bits per heavy atom. The van der Waals surface area contributed by atoms with Crippen molar-refractivity contribution in [2.24, 2.45) is 5.92 Å². The Kier molecular flexibility index (Phi) is 5.79. The Morgan fingerprint density at radius 3 is 2.48 bits per heavy atom. The summed E-state index contributed by atoms with van der Waals surface area (Å²) in [5, 5.41) is 2.76. The SMILES string of the molecule is Cc1cc(F)ccc1S(=O)(=O)Nc1ccccc1C(=O)NCC(C)C. The molecule has 0 spiro atoms. The molecular weight excluding hydrogens is 343 g/mol. The predicted molar refractivity (Wildman–Crippen MR) is 95.6 cm³/mol. The number of carbonyl (C=O) groups excluding carboxylic acids is 1. The summed E-state index contributed by atoms with van der Waals surface area (Å²) in [6.45, 7) is 5.92. The average Bonchev–Trinajstić information content (AvgIpc) is 2.52. The number of hydrogen-bond acceptors (Lipinski definition) is 3. The van der Waals surface area contributed by atoms with Gasteiger partial charge in [-0.2, -0.15) is 0 Å². The van der Waals surface area contributed by atoms with Gasteiger partial charge in [-0.15, -0.1) is 0 Å². The van der Waals surface area contributed by atoms with E-state index in [0.29, 0.717) is 6.54 Å². The lowest BCUT2D eigenvalue weighted by Crippen LogP contribution is -2.28. The van der Waals surface area contributed by atoms with Gasteiger partial charge in [-0.25, -0.2) is 12.8 Å². The maximum atomic E-state index is 13.2. The number of amides is 1. The van der Waals surface area contributed by atoms with E-state index in [9.17, 15) is 17.6 Å². The molecule has 0 fully saturated rings. The highest BCUT2D eigenvalue weighted by atomic mass is 32.2. The van der Waals surface area contributed by atoms with Crippen molar-refractivity contribution in [3.05, 3.63) is 59.4 Å². The lowest BCUT2D eigenvalue weighted by Gasteiger charge is -2.14. The van der Waals surface area contributed by atoms with Crippen molar-refractivity contribution in [3.8, 4) is 0 Å². The zero-order chi connectivity index (χ0) is 18.6. The van der Waals surface area contributed by atoms with Crippen LogP contribution >= 0.6 is 0 Å². The molecule has 2 aromatic carbocycles. The Labute approximate surface area is 147 Å². The molecule has 0 bridgehead atoms. The van der Waals surface area contributed by atoms with Crippen LogP contribution in [0.4, 0.5) is 10.1 Å². The number of hydrogen-bond donors (Lipinski definition) is 2. The fourth-order valence-corrected chi connectivity index (χ4v) is 3.58. The first-order valence-electron chi connectivity index (χ1n) is 7.87. The lowest BCUT2D eigenvalue weighted by molar-refractivity contribution is 0.0950. The molecule has 0 saturated carbocycles. The molecule has 134 valence electrons. The lowest BCUT2D eigenvalue weighted by atomic mass is 10.1. The van der Waals surface area contributed by atoms with Gasteiger partial charge >= 0.3 is 0 Å². The molecule has 25 heavy (non-hydrogen) atoms. The minimum atomic E-state index is -3.94. The van der Waals surface area contributed by atoms with E-state index in [-0.39, 0.29) is 33.5 Å². The van der Waals surface area contributed by atoms with E-state index in [0.717, 1.165) is 12.1 Å². The molecule has 2 N–H and O–H groups in total. The molecule has 0 unspecified atom stereocenters. The molecule has 0 heterocycles. The predicted octanol–water partition coefficient (Wildman–Crippen LogP) is 3.32. The van der Waals surface area contributed by atoms with E-state index in [2.05, 4.69) is 10.0 Å². The molecule has 0 aliphatic carbocycles. The molecule has 0 aliphatic heterocycles.